The highest BCUT2D eigenvalue weighted by molar-refractivity contribution is 5.81. The zero-order valence-electron chi connectivity index (χ0n) is 38.3. The van der Waals surface area contributed by atoms with E-state index in [0.29, 0.717) is 38.0 Å². The summed E-state index contributed by atoms with van der Waals surface area (Å²) in [5.74, 6) is -0.715. The Morgan fingerprint density at radius 1 is 0.470 bits per heavy atom. The number of hydrogen-bond acceptors (Lipinski definition) is 8. The lowest BCUT2D eigenvalue weighted by atomic mass is 9.90. The Kier molecular flexibility index (Phi) is 14.5. The van der Waals surface area contributed by atoms with Crippen molar-refractivity contribution in [1.29, 1.82) is 0 Å². The van der Waals surface area contributed by atoms with Gasteiger partial charge in [-0.25, -0.2) is 0 Å². The number of pyridine rings is 2. The molecule has 6 heterocycles. The normalized spacial score (nSPS) is 22.7. The fraction of sp³-hybridized carbons (Fsp3) is 0.519. The van der Waals surface area contributed by atoms with Crippen molar-refractivity contribution < 1.29 is 29.4 Å². The van der Waals surface area contributed by atoms with Gasteiger partial charge in [-0.1, -0.05) is 72.8 Å². The predicted octanol–water partition coefficient (Wildman–Crippen LogP) is 7.63. The van der Waals surface area contributed by atoms with Crippen molar-refractivity contribution in [2.75, 3.05) is 52.4 Å². The van der Waals surface area contributed by atoms with Gasteiger partial charge in [0.05, 0.1) is 11.8 Å². The molecule has 12 heteroatoms. The Morgan fingerprint density at radius 3 is 1.23 bits per heavy atom. The van der Waals surface area contributed by atoms with Crippen LogP contribution >= 0.6 is 0 Å². The fourth-order valence-corrected chi connectivity index (χ4v) is 11.7. The molecule has 348 valence electrons. The van der Waals surface area contributed by atoms with E-state index < -0.39 is 24.0 Å². The Hall–Kier alpha value is -5.46. The highest BCUT2D eigenvalue weighted by atomic mass is 16.4. The lowest BCUT2D eigenvalue weighted by molar-refractivity contribution is -0.144. The van der Waals surface area contributed by atoms with Crippen LogP contribution in [0.1, 0.15) is 133 Å². The molecule has 2 aliphatic carbocycles. The molecule has 4 fully saturated rings. The molecule has 4 saturated heterocycles. The number of aryl methyl sites for hydroxylation is 4. The van der Waals surface area contributed by atoms with Crippen molar-refractivity contribution in [1.82, 2.24) is 29.6 Å². The predicted molar refractivity (Wildman–Crippen MR) is 252 cm³/mol. The van der Waals surface area contributed by atoms with E-state index in [1.54, 1.807) is 0 Å². The maximum atomic E-state index is 13.2. The third-order valence-electron chi connectivity index (χ3n) is 15.4. The first-order valence-electron chi connectivity index (χ1n) is 24.8. The average molecular weight is 895 g/mol. The molecule has 4 aliphatic heterocycles. The number of benzene rings is 2. The molecule has 0 radical (unpaired) electrons. The van der Waals surface area contributed by atoms with E-state index >= 15 is 0 Å². The number of amides is 2. The fourth-order valence-electron chi connectivity index (χ4n) is 11.7. The van der Waals surface area contributed by atoms with Crippen molar-refractivity contribution in [2.24, 2.45) is 11.8 Å². The summed E-state index contributed by atoms with van der Waals surface area (Å²) in [6.07, 6.45) is 14.8. The quantitative estimate of drug-likeness (QED) is 0.163. The van der Waals surface area contributed by atoms with Gasteiger partial charge in [-0.15, -0.1) is 0 Å². The Morgan fingerprint density at radius 2 is 0.848 bits per heavy atom. The Bertz CT molecular complexity index is 2160. The summed E-state index contributed by atoms with van der Waals surface area (Å²) in [7, 11) is 0. The van der Waals surface area contributed by atoms with Crippen molar-refractivity contribution in [3.05, 3.63) is 130 Å². The van der Waals surface area contributed by atoms with Gasteiger partial charge in [0.2, 0.25) is 11.8 Å². The molecular formula is C54H66N6O6. The van der Waals surface area contributed by atoms with Crippen LogP contribution in [0.25, 0.3) is 0 Å². The SMILES string of the molecule is O=C(O)[C@@H](c1ccccc1)N1CC[C@@H](C(=O)N2CCC(c3ccc4c(n3)CCCC4)CC2)C1.O=C(O)[C@H](c1ccccc1)N1CC[C@@H](C(=O)N2CCC(c3ccc4c(n3)CCCC4)CC2)C1. The number of hydrogen-bond donors (Lipinski definition) is 2. The summed E-state index contributed by atoms with van der Waals surface area (Å²) in [6, 6.07) is 26.2. The largest absolute Gasteiger partial charge is 0.480 e. The first-order valence-corrected chi connectivity index (χ1v) is 24.8. The first kappa shape index (κ1) is 45.7. The summed E-state index contributed by atoms with van der Waals surface area (Å²) >= 11 is 0. The molecule has 2 aromatic heterocycles. The van der Waals surface area contributed by atoms with Crippen LogP contribution in [-0.4, -0.2) is 116 Å². The second-order valence-corrected chi connectivity index (χ2v) is 19.6. The molecule has 6 aliphatic rings. The minimum absolute atomic E-state index is 0.117. The molecular weight excluding hydrogens is 829 g/mol. The highest BCUT2D eigenvalue weighted by Crippen LogP contribution is 2.35. The lowest BCUT2D eigenvalue weighted by Crippen LogP contribution is -2.42. The third kappa shape index (κ3) is 10.4. The molecule has 12 nitrogen and oxygen atoms in total. The summed E-state index contributed by atoms with van der Waals surface area (Å²) in [5, 5.41) is 19.7. The van der Waals surface area contributed by atoms with E-state index in [2.05, 4.69) is 24.3 Å². The van der Waals surface area contributed by atoms with Crippen LogP contribution in [0.4, 0.5) is 0 Å². The lowest BCUT2D eigenvalue weighted by Gasteiger charge is -2.34. The number of carbonyl (C=O) groups is 4. The van der Waals surface area contributed by atoms with Gasteiger partial charge < -0.3 is 20.0 Å². The molecule has 10 rings (SSSR count). The molecule has 2 N–H and O–H groups in total. The van der Waals surface area contributed by atoms with Crippen molar-refractivity contribution >= 4 is 23.8 Å². The van der Waals surface area contributed by atoms with E-state index in [1.807, 2.05) is 80.3 Å². The van der Waals surface area contributed by atoms with Crippen LogP contribution in [0.15, 0.2) is 84.9 Å². The smallest absolute Gasteiger partial charge is 0.325 e. The number of carboxylic acids is 2. The summed E-state index contributed by atoms with van der Waals surface area (Å²) < 4.78 is 0. The molecule has 4 aromatic rings. The van der Waals surface area contributed by atoms with Gasteiger partial charge in [-0.3, -0.25) is 38.9 Å². The van der Waals surface area contributed by atoms with E-state index in [-0.39, 0.29) is 23.7 Å². The monoisotopic (exact) mass is 895 g/mol. The number of carbonyl (C=O) groups excluding carboxylic acids is 2. The second kappa shape index (κ2) is 21.0. The molecule has 0 saturated carbocycles. The van der Waals surface area contributed by atoms with E-state index in [1.165, 1.54) is 59.6 Å². The number of rotatable bonds is 10. The maximum absolute atomic E-state index is 13.2. The van der Waals surface area contributed by atoms with Crippen LogP contribution in [0.2, 0.25) is 0 Å². The summed E-state index contributed by atoms with van der Waals surface area (Å²) in [5.41, 5.74) is 9.35. The van der Waals surface area contributed by atoms with Crippen LogP contribution in [-0.2, 0) is 44.9 Å². The summed E-state index contributed by atoms with van der Waals surface area (Å²) in [6.45, 7) is 5.35. The van der Waals surface area contributed by atoms with E-state index in [0.717, 1.165) is 102 Å². The number of carboxylic acid groups (broad SMARTS) is 2. The molecule has 4 atom stereocenters. The zero-order chi connectivity index (χ0) is 45.6. The molecule has 66 heavy (non-hydrogen) atoms. The first-order chi connectivity index (χ1) is 32.2. The topological polar surface area (TPSA) is 147 Å². The molecule has 0 unspecified atom stereocenters. The zero-order valence-corrected chi connectivity index (χ0v) is 38.3. The number of aliphatic carboxylic acids is 2. The van der Waals surface area contributed by atoms with E-state index in [9.17, 15) is 29.4 Å². The van der Waals surface area contributed by atoms with E-state index in [4.69, 9.17) is 9.97 Å². The minimum Gasteiger partial charge on any atom is -0.480 e. The number of aromatic nitrogens is 2. The van der Waals surface area contributed by atoms with Gasteiger partial charge in [0.15, 0.2) is 0 Å². The van der Waals surface area contributed by atoms with Gasteiger partial charge >= 0.3 is 11.9 Å². The molecule has 0 spiro atoms. The summed E-state index contributed by atoms with van der Waals surface area (Å²) in [4.78, 5) is 68.3. The van der Waals surface area contributed by atoms with Crippen LogP contribution in [0.5, 0.6) is 0 Å². The standard InChI is InChI=1S/2C27H33N3O3/c2*31-26(22-14-17-30(18-22)25(27(32)33)21-7-2-1-3-8-21)29-15-12-20(13-16-29)24-11-10-19-6-4-5-9-23(19)28-24/h2*1-3,7-8,10-11,20,22,25H,4-6,9,12-18H2,(H,32,33)/t22-,25+;22-,25-/m11/s1. The van der Waals surface area contributed by atoms with Gasteiger partial charge in [-0.2, -0.15) is 0 Å². The number of nitrogens with zero attached hydrogens (tertiary/aromatic N) is 6. The second-order valence-electron chi connectivity index (χ2n) is 19.6. The Balaban J connectivity index is 0.000000166. The van der Waals surface area contributed by atoms with Crippen LogP contribution in [0.3, 0.4) is 0 Å². The average Bonchev–Trinajstić information content (AvgIpc) is 4.05. The maximum Gasteiger partial charge on any atom is 0.325 e. The van der Waals surface area contributed by atoms with Crippen LogP contribution < -0.4 is 0 Å². The van der Waals surface area contributed by atoms with Gasteiger partial charge in [0, 0.05) is 87.0 Å². The van der Waals surface area contributed by atoms with Crippen molar-refractivity contribution in [3.8, 4) is 0 Å². The molecule has 2 aromatic carbocycles. The van der Waals surface area contributed by atoms with Gasteiger partial charge in [0.25, 0.3) is 0 Å². The van der Waals surface area contributed by atoms with Gasteiger partial charge in [0.1, 0.15) is 12.1 Å². The molecule has 2 amide bonds. The Labute approximate surface area is 389 Å². The molecule has 0 bridgehead atoms. The van der Waals surface area contributed by atoms with Crippen LogP contribution in [0, 0.1) is 11.8 Å². The van der Waals surface area contributed by atoms with Crippen molar-refractivity contribution in [2.45, 2.75) is 114 Å². The van der Waals surface area contributed by atoms with Gasteiger partial charge in [-0.05, 0) is 124 Å². The number of likely N-dealkylation sites (tertiary alicyclic amines) is 4. The number of fused-ring (bicyclic) bond motifs is 2. The highest BCUT2D eigenvalue weighted by Gasteiger charge is 2.40. The number of piperidine rings is 2. The minimum atomic E-state index is -0.854. The van der Waals surface area contributed by atoms with Crippen molar-refractivity contribution in [3.63, 3.8) is 0 Å². The third-order valence-corrected chi connectivity index (χ3v) is 15.4.